The lowest BCUT2D eigenvalue weighted by atomic mass is 10.0. The Morgan fingerprint density at radius 3 is 2.61 bits per heavy atom. The van der Waals surface area contributed by atoms with Crippen LogP contribution in [0.4, 0.5) is 8.78 Å². The summed E-state index contributed by atoms with van der Waals surface area (Å²) in [6.07, 6.45) is 3.57. The van der Waals surface area contributed by atoms with Gasteiger partial charge in [0.05, 0.1) is 12.2 Å². The fourth-order valence-corrected chi connectivity index (χ4v) is 1.91. The van der Waals surface area contributed by atoms with Crippen LogP contribution in [-0.2, 0) is 7.05 Å². The van der Waals surface area contributed by atoms with Crippen LogP contribution in [0, 0.1) is 11.6 Å². The van der Waals surface area contributed by atoms with Gasteiger partial charge in [-0.1, -0.05) is 13.0 Å². The van der Waals surface area contributed by atoms with Gasteiger partial charge >= 0.3 is 0 Å². The van der Waals surface area contributed by atoms with Crippen LogP contribution in [0.2, 0.25) is 0 Å². The van der Waals surface area contributed by atoms with E-state index in [4.69, 9.17) is 0 Å². The van der Waals surface area contributed by atoms with E-state index in [0.29, 0.717) is 5.56 Å². The Morgan fingerprint density at radius 1 is 1.28 bits per heavy atom. The third-order valence-electron chi connectivity index (χ3n) is 2.74. The van der Waals surface area contributed by atoms with Crippen molar-refractivity contribution < 1.29 is 8.78 Å². The Morgan fingerprint density at radius 2 is 2.06 bits per heavy atom. The molecule has 0 saturated carbocycles. The molecule has 0 radical (unpaired) electrons. The first-order chi connectivity index (χ1) is 8.61. The molecule has 1 atom stereocenters. The molecule has 5 heteroatoms. The molecule has 0 amide bonds. The van der Waals surface area contributed by atoms with Gasteiger partial charge in [-0.3, -0.25) is 4.68 Å². The fourth-order valence-electron chi connectivity index (χ4n) is 1.91. The third-order valence-corrected chi connectivity index (χ3v) is 2.74. The number of nitrogens with zero attached hydrogens (tertiary/aromatic N) is 2. The predicted molar refractivity (Wildman–Crippen MR) is 65.1 cm³/mol. The number of aryl methyl sites for hydroxylation is 1. The SMILES string of the molecule is CCNC(c1ccc(F)c(F)c1)c1cnn(C)c1. The molecular formula is C13H15F2N3. The molecule has 1 unspecified atom stereocenters. The minimum Gasteiger partial charge on any atom is -0.306 e. The van der Waals surface area contributed by atoms with Gasteiger partial charge in [0.2, 0.25) is 0 Å². The maximum atomic E-state index is 13.3. The van der Waals surface area contributed by atoms with E-state index in [-0.39, 0.29) is 6.04 Å². The summed E-state index contributed by atoms with van der Waals surface area (Å²) >= 11 is 0. The normalized spacial score (nSPS) is 12.7. The molecule has 0 aliphatic rings. The Labute approximate surface area is 104 Å². The molecule has 0 fully saturated rings. The van der Waals surface area contributed by atoms with E-state index in [9.17, 15) is 8.78 Å². The van der Waals surface area contributed by atoms with Crippen molar-refractivity contribution in [1.29, 1.82) is 0 Å². The predicted octanol–water partition coefficient (Wildman–Crippen LogP) is 2.40. The first-order valence-corrected chi connectivity index (χ1v) is 5.78. The van der Waals surface area contributed by atoms with Crippen LogP contribution in [0.25, 0.3) is 0 Å². The van der Waals surface area contributed by atoms with Gasteiger partial charge in [-0.05, 0) is 24.2 Å². The van der Waals surface area contributed by atoms with E-state index in [1.54, 1.807) is 16.9 Å². The van der Waals surface area contributed by atoms with Gasteiger partial charge in [0.25, 0.3) is 0 Å². The molecular weight excluding hydrogens is 236 g/mol. The van der Waals surface area contributed by atoms with E-state index in [1.165, 1.54) is 6.07 Å². The van der Waals surface area contributed by atoms with Gasteiger partial charge in [-0.2, -0.15) is 5.10 Å². The van der Waals surface area contributed by atoms with Crippen LogP contribution in [-0.4, -0.2) is 16.3 Å². The molecule has 1 aromatic carbocycles. The molecule has 96 valence electrons. The van der Waals surface area contributed by atoms with Crippen LogP contribution >= 0.6 is 0 Å². The zero-order chi connectivity index (χ0) is 13.1. The van der Waals surface area contributed by atoms with E-state index in [0.717, 1.165) is 18.2 Å². The minimum atomic E-state index is -0.834. The van der Waals surface area contributed by atoms with Crippen molar-refractivity contribution in [1.82, 2.24) is 15.1 Å². The molecule has 2 rings (SSSR count). The summed E-state index contributed by atoms with van der Waals surface area (Å²) in [5, 5.41) is 7.33. The Kier molecular flexibility index (Phi) is 3.72. The fraction of sp³-hybridized carbons (Fsp3) is 0.308. The van der Waals surface area contributed by atoms with Gasteiger partial charge in [-0.25, -0.2) is 8.78 Å². The molecule has 0 bridgehead atoms. The quantitative estimate of drug-likeness (QED) is 0.904. The highest BCUT2D eigenvalue weighted by Gasteiger charge is 2.16. The van der Waals surface area contributed by atoms with E-state index < -0.39 is 11.6 Å². The van der Waals surface area contributed by atoms with Crippen molar-refractivity contribution in [2.24, 2.45) is 7.05 Å². The molecule has 1 aromatic heterocycles. The molecule has 0 aliphatic heterocycles. The summed E-state index contributed by atoms with van der Waals surface area (Å²) in [7, 11) is 1.82. The first kappa shape index (κ1) is 12.7. The Balaban J connectivity index is 2.37. The molecule has 1 N–H and O–H groups in total. The number of nitrogens with one attached hydrogen (secondary N) is 1. The maximum absolute atomic E-state index is 13.3. The standard InChI is InChI=1S/C13H15F2N3/c1-3-16-13(10-7-17-18(2)8-10)9-4-5-11(14)12(15)6-9/h4-8,13,16H,3H2,1-2H3. The van der Waals surface area contributed by atoms with Crippen LogP contribution in [0.1, 0.15) is 24.1 Å². The van der Waals surface area contributed by atoms with E-state index in [2.05, 4.69) is 10.4 Å². The highest BCUT2D eigenvalue weighted by atomic mass is 19.2. The highest BCUT2D eigenvalue weighted by molar-refractivity contribution is 5.30. The van der Waals surface area contributed by atoms with Gasteiger partial charge in [0.1, 0.15) is 0 Å². The zero-order valence-electron chi connectivity index (χ0n) is 10.3. The van der Waals surface area contributed by atoms with E-state index >= 15 is 0 Å². The van der Waals surface area contributed by atoms with Gasteiger partial charge in [-0.15, -0.1) is 0 Å². The molecule has 0 saturated heterocycles. The van der Waals surface area contributed by atoms with Crippen LogP contribution in [0.3, 0.4) is 0 Å². The number of hydrogen-bond acceptors (Lipinski definition) is 2. The molecule has 18 heavy (non-hydrogen) atoms. The molecule has 3 nitrogen and oxygen atoms in total. The monoisotopic (exact) mass is 251 g/mol. The summed E-state index contributed by atoms with van der Waals surface area (Å²) in [6.45, 7) is 2.68. The van der Waals surface area contributed by atoms with Crippen molar-refractivity contribution >= 4 is 0 Å². The second-order valence-corrected chi connectivity index (χ2v) is 4.11. The highest BCUT2D eigenvalue weighted by Crippen LogP contribution is 2.23. The average Bonchev–Trinajstić information content (AvgIpc) is 2.76. The van der Waals surface area contributed by atoms with E-state index in [1.807, 2.05) is 20.2 Å². The first-order valence-electron chi connectivity index (χ1n) is 5.78. The largest absolute Gasteiger partial charge is 0.306 e. The zero-order valence-corrected chi connectivity index (χ0v) is 10.3. The van der Waals surface area contributed by atoms with Crippen molar-refractivity contribution in [3.05, 3.63) is 53.4 Å². The summed E-state index contributed by atoms with van der Waals surface area (Å²) in [6, 6.07) is 3.76. The van der Waals surface area contributed by atoms with Gasteiger partial charge in [0.15, 0.2) is 11.6 Å². The number of benzene rings is 1. The Hall–Kier alpha value is -1.75. The lowest BCUT2D eigenvalue weighted by Gasteiger charge is -2.17. The molecule has 0 aliphatic carbocycles. The molecule has 1 heterocycles. The molecule has 0 spiro atoms. The van der Waals surface area contributed by atoms with Crippen LogP contribution in [0.5, 0.6) is 0 Å². The average molecular weight is 251 g/mol. The van der Waals surface area contributed by atoms with Crippen LogP contribution in [0.15, 0.2) is 30.6 Å². The number of rotatable bonds is 4. The number of aromatic nitrogens is 2. The lowest BCUT2D eigenvalue weighted by molar-refractivity contribution is 0.504. The number of hydrogen-bond donors (Lipinski definition) is 1. The lowest BCUT2D eigenvalue weighted by Crippen LogP contribution is -2.21. The van der Waals surface area contributed by atoms with Crippen molar-refractivity contribution in [3.63, 3.8) is 0 Å². The van der Waals surface area contributed by atoms with Gasteiger partial charge in [0, 0.05) is 18.8 Å². The second kappa shape index (κ2) is 5.27. The third kappa shape index (κ3) is 2.56. The summed E-state index contributed by atoms with van der Waals surface area (Å²) < 4.78 is 27.9. The molecule has 2 aromatic rings. The smallest absolute Gasteiger partial charge is 0.159 e. The number of halogens is 2. The Bertz CT molecular complexity index is 537. The van der Waals surface area contributed by atoms with Crippen molar-refractivity contribution in [2.45, 2.75) is 13.0 Å². The topological polar surface area (TPSA) is 29.9 Å². The summed E-state index contributed by atoms with van der Waals surface area (Å²) in [5.41, 5.74) is 1.61. The minimum absolute atomic E-state index is 0.182. The van der Waals surface area contributed by atoms with Crippen LogP contribution < -0.4 is 5.32 Å². The summed E-state index contributed by atoms with van der Waals surface area (Å²) in [4.78, 5) is 0. The van der Waals surface area contributed by atoms with Gasteiger partial charge < -0.3 is 5.32 Å². The maximum Gasteiger partial charge on any atom is 0.159 e. The second-order valence-electron chi connectivity index (χ2n) is 4.11. The van der Waals surface area contributed by atoms with Crippen molar-refractivity contribution in [3.8, 4) is 0 Å². The van der Waals surface area contributed by atoms with Crippen molar-refractivity contribution in [2.75, 3.05) is 6.54 Å². The summed E-state index contributed by atoms with van der Waals surface area (Å²) in [5.74, 6) is -1.67.